The lowest BCUT2D eigenvalue weighted by Crippen LogP contribution is -2.12. The molecule has 0 fully saturated rings. The first kappa shape index (κ1) is 15.2. The Morgan fingerprint density at radius 3 is 2.55 bits per heavy atom. The molecule has 2 nitrogen and oxygen atoms in total. The number of methoxy groups -OCH3 is 1. The Kier molecular flexibility index (Phi) is 5.35. The van der Waals surface area contributed by atoms with Crippen molar-refractivity contribution in [2.24, 2.45) is 0 Å². The number of halogens is 1. The van der Waals surface area contributed by atoms with Gasteiger partial charge in [0.2, 0.25) is 0 Å². The molecule has 0 aromatic heterocycles. The van der Waals surface area contributed by atoms with E-state index in [1.165, 1.54) is 0 Å². The summed E-state index contributed by atoms with van der Waals surface area (Å²) >= 11 is 8.02. The van der Waals surface area contributed by atoms with Crippen molar-refractivity contribution in [3.8, 4) is 5.75 Å². The average Bonchev–Trinajstić information content (AvgIpc) is 2.47. The zero-order valence-electron chi connectivity index (χ0n) is 11.8. The second kappa shape index (κ2) is 7.02. The maximum atomic E-state index is 6.35. The molecule has 1 unspecified atom stereocenters. The zero-order valence-corrected chi connectivity index (χ0v) is 13.4. The summed E-state index contributed by atoms with van der Waals surface area (Å²) in [5.41, 5.74) is 1.11. The highest BCUT2D eigenvalue weighted by Crippen LogP contribution is 2.33. The standard InChI is InChI=1S/C16H18ClNOS/c1-11(18-2)15-8-7-14(10-16(15)17)20-13-6-4-5-12(9-13)19-3/h4-11,18H,1-3H3. The fourth-order valence-corrected chi connectivity index (χ4v) is 3.19. The molecule has 0 radical (unpaired) electrons. The molecule has 0 saturated heterocycles. The smallest absolute Gasteiger partial charge is 0.119 e. The number of benzene rings is 2. The first-order valence-electron chi connectivity index (χ1n) is 6.42. The zero-order chi connectivity index (χ0) is 14.5. The first-order valence-corrected chi connectivity index (χ1v) is 7.62. The molecule has 0 amide bonds. The molecule has 2 rings (SSSR count). The third-order valence-electron chi connectivity index (χ3n) is 3.15. The predicted octanol–water partition coefficient (Wildman–Crippen LogP) is 4.78. The van der Waals surface area contributed by atoms with Crippen LogP contribution in [0.15, 0.2) is 52.3 Å². The van der Waals surface area contributed by atoms with Crippen molar-refractivity contribution >= 4 is 23.4 Å². The molecule has 1 atom stereocenters. The van der Waals surface area contributed by atoms with Gasteiger partial charge >= 0.3 is 0 Å². The average molecular weight is 308 g/mol. The highest BCUT2D eigenvalue weighted by Gasteiger charge is 2.09. The van der Waals surface area contributed by atoms with Gasteiger partial charge in [0.1, 0.15) is 5.75 Å². The highest BCUT2D eigenvalue weighted by molar-refractivity contribution is 7.99. The van der Waals surface area contributed by atoms with E-state index in [0.29, 0.717) is 0 Å². The lowest BCUT2D eigenvalue weighted by atomic mass is 10.1. The number of nitrogens with one attached hydrogen (secondary N) is 1. The van der Waals surface area contributed by atoms with Gasteiger partial charge in [-0.3, -0.25) is 0 Å². The van der Waals surface area contributed by atoms with Gasteiger partial charge in [0.15, 0.2) is 0 Å². The molecule has 0 aliphatic rings. The van der Waals surface area contributed by atoms with E-state index in [1.54, 1.807) is 18.9 Å². The Labute approximate surface area is 129 Å². The maximum absolute atomic E-state index is 6.35. The third kappa shape index (κ3) is 3.69. The molecule has 1 N–H and O–H groups in total. The van der Waals surface area contributed by atoms with Crippen LogP contribution in [-0.2, 0) is 0 Å². The Morgan fingerprint density at radius 2 is 1.90 bits per heavy atom. The summed E-state index contributed by atoms with van der Waals surface area (Å²) in [5, 5.41) is 3.99. The van der Waals surface area contributed by atoms with E-state index in [0.717, 1.165) is 26.1 Å². The second-order valence-electron chi connectivity index (χ2n) is 4.47. The van der Waals surface area contributed by atoms with Gasteiger partial charge in [-0.2, -0.15) is 0 Å². The van der Waals surface area contributed by atoms with E-state index < -0.39 is 0 Å². The van der Waals surface area contributed by atoms with Crippen molar-refractivity contribution in [1.29, 1.82) is 0 Å². The van der Waals surface area contributed by atoms with Gasteiger partial charge in [-0.25, -0.2) is 0 Å². The number of hydrogen-bond donors (Lipinski definition) is 1. The van der Waals surface area contributed by atoms with Crippen molar-refractivity contribution < 1.29 is 4.74 Å². The fourth-order valence-electron chi connectivity index (χ4n) is 1.88. The van der Waals surface area contributed by atoms with E-state index in [-0.39, 0.29) is 6.04 Å². The summed E-state index contributed by atoms with van der Waals surface area (Å²) in [6.07, 6.45) is 0. The third-order valence-corrected chi connectivity index (χ3v) is 4.45. The quantitative estimate of drug-likeness (QED) is 0.859. The Bertz CT molecular complexity index is 588. The number of rotatable bonds is 5. The van der Waals surface area contributed by atoms with Crippen molar-refractivity contribution in [3.05, 3.63) is 53.1 Å². The Hall–Kier alpha value is -1.16. The van der Waals surface area contributed by atoms with Gasteiger partial charge in [-0.1, -0.05) is 35.5 Å². The molecule has 0 aliphatic heterocycles. The molecular weight excluding hydrogens is 290 g/mol. The SMILES string of the molecule is CNC(C)c1ccc(Sc2cccc(OC)c2)cc1Cl. The summed E-state index contributed by atoms with van der Waals surface area (Å²) in [6.45, 7) is 2.09. The second-order valence-corrected chi connectivity index (χ2v) is 6.03. The first-order chi connectivity index (χ1) is 9.63. The van der Waals surface area contributed by atoms with Crippen molar-refractivity contribution in [2.45, 2.75) is 22.8 Å². The van der Waals surface area contributed by atoms with Crippen LogP contribution in [0.4, 0.5) is 0 Å². The van der Waals surface area contributed by atoms with E-state index in [4.69, 9.17) is 16.3 Å². The minimum atomic E-state index is 0.248. The number of hydrogen-bond acceptors (Lipinski definition) is 3. The molecule has 0 heterocycles. The van der Waals surface area contributed by atoms with Crippen LogP contribution in [0.25, 0.3) is 0 Å². The molecule has 0 spiro atoms. The number of ether oxygens (including phenoxy) is 1. The van der Waals surface area contributed by atoms with Crippen LogP contribution in [0.1, 0.15) is 18.5 Å². The van der Waals surface area contributed by atoms with Gasteiger partial charge in [-0.15, -0.1) is 0 Å². The van der Waals surface area contributed by atoms with Crippen LogP contribution in [0, 0.1) is 0 Å². The van der Waals surface area contributed by atoms with Crippen LogP contribution in [-0.4, -0.2) is 14.2 Å². The molecule has 106 valence electrons. The van der Waals surface area contributed by atoms with E-state index in [2.05, 4.69) is 30.4 Å². The summed E-state index contributed by atoms with van der Waals surface area (Å²) in [6, 6.07) is 14.4. The maximum Gasteiger partial charge on any atom is 0.119 e. The Morgan fingerprint density at radius 1 is 1.15 bits per heavy atom. The molecule has 2 aromatic carbocycles. The summed E-state index contributed by atoms with van der Waals surface area (Å²) in [4.78, 5) is 2.25. The Balaban J connectivity index is 2.19. The molecule has 20 heavy (non-hydrogen) atoms. The van der Waals surface area contributed by atoms with E-state index in [1.807, 2.05) is 31.3 Å². The largest absolute Gasteiger partial charge is 0.497 e. The minimum absolute atomic E-state index is 0.248. The van der Waals surface area contributed by atoms with Crippen LogP contribution >= 0.6 is 23.4 Å². The molecule has 4 heteroatoms. The predicted molar refractivity (Wildman–Crippen MR) is 86.0 cm³/mol. The van der Waals surface area contributed by atoms with E-state index >= 15 is 0 Å². The van der Waals surface area contributed by atoms with Gasteiger partial charge in [0.25, 0.3) is 0 Å². The van der Waals surface area contributed by atoms with Gasteiger partial charge in [-0.05, 0) is 49.9 Å². The highest BCUT2D eigenvalue weighted by atomic mass is 35.5. The topological polar surface area (TPSA) is 21.3 Å². The van der Waals surface area contributed by atoms with Gasteiger partial charge in [0, 0.05) is 20.9 Å². The molecule has 0 aliphatic carbocycles. The van der Waals surface area contributed by atoms with Gasteiger partial charge < -0.3 is 10.1 Å². The van der Waals surface area contributed by atoms with E-state index in [9.17, 15) is 0 Å². The minimum Gasteiger partial charge on any atom is -0.497 e. The summed E-state index contributed by atoms with van der Waals surface area (Å²) in [7, 11) is 3.61. The van der Waals surface area contributed by atoms with Crippen LogP contribution in [0.5, 0.6) is 5.75 Å². The fraction of sp³-hybridized carbons (Fsp3) is 0.250. The lowest BCUT2D eigenvalue weighted by Gasteiger charge is -2.13. The van der Waals surface area contributed by atoms with Crippen molar-refractivity contribution in [2.75, 3.05) is 14.2 Å². The van der Waals surface area contributed by atoms with Crippen LogP contribution in [0.3, 0.4) is 0 Å². The summed E-state index contributed by atoms with van der Waals surface area (Å²) in [5.74, 6) is 0.863. The van der Waals surface area contributed by atoms with Crippen LogP contribution < -0.4 is 10.1 Å². The monoisotopic (exact) mass is 307 g/mol. The molecular formula is C16H18ClNOS. The normalized spacial score (nSPS) is 12.2. The van der Waals surface area contributed by atoms with Crippen molar-refractivity contribution in [3.63, 3.8) is 0 Å². The molecule has 2 aromatic rings. The summed E-state index contributed by atoms with van der Waals surface area (Å²) < 4.78 is 5.23. The van der Waals surface area contributed by atoms with Crippen LogP contribution in [0.2, 0.25) is 5.02 Å². The molecule has 0 saturated carbocycles. The van der Waals surface area contributed by atoms with Crippen molar-refractivity contribution in [1.82, 2.24) is 5.32 Å². The molecule has 0 bridgehead atoms. The lowest BCUT2D eigenvalue weighted by molar-refractivity contribution is 0.413. The van der Waals surface area contributed by atoms with Gasteiger partial charge in [0.05, 0.1) is 7.11 Å².